The van der Waals surface area contributed by atoms with Crippen molar-refractivity contribution in [3.63, 3.8) is 0 Å². The highest BCUT2D eigenvalue weighted by Gasteiger charge is 2.26. The lowest BCUT2D eigenvalue weighted by molar-refractivity contribution is -0.125. The molecule has 1 rings (SSSR count). The lowest BCUT2D eigenvalue weighted by atomic mass is 9.94. The lowest BCUT2D eigenvalue weighted by Gasteiger charge is -2.26. The molecule has 1 aromatic heterocycles. The van der Waals surface area contributed by atoms with Crippen LogP contribution in [0.1, 0.15) is 55.4 Å². The number of ether oxygens (including phenoxy) is 1. The van der Waals surface area contributed by atoms with Crippen LogP contribution in [0.5, 0.6) is 0 Å². The number of nitrogens with one attached hydrogen (secondary N) is 1. The average Bonchev–Trinajstić information content (AvgIpc) is 2.91. The molecule has 0 radical (unpaired) electrons. The molecule has 120 valence electrons. The van der Waals surface area contributed by atoms with E-state index < -0.39 is 24.0 Å². The third kappa shape index (κ3) is 3.88. The number of aromatic nitrogens is 1. The number of hydrogen-bond donors (Lipinski definition) is 1. The summed E-state index contributed by atoms with van der Waals surface area (Å²) in [6.45, 7) is 6.87. The summed E-state index contributed by atoms with van der Waals surface area (Å²) >= 11 is 0. The van der Waals surface area contributed by atoms with Gasteiger partial charge in [0.05, 0.1) is 5.69 Å². The molecule has 0 spiro atoms. The molecular weight excluding hydrogens is 284 g/mol. The van der Waals surface area contributed by atoms with Gasteiger partial charge >= 0.3 is 5.97 Å². The van der Waals surface area contributed by atoms with Gasteiger partial charge in [0.15, 0.2) is 6.61 Å². The van der Waals surface area contributed by atoms with Crippen LogP contribution in [0.3, 0.4) is 0 Å². The fourth-order valence-corrected chi connectivity index (χ4v) is 2.09. The molecule has 0 fully saturated rings. The minimum atomic E-state index is -0.703. The van der Waals surface area contributed by atoms with Crippen LogP contribution in [0, 0.1) is 19.3 Å². The van der Waals surface area contributed by atoms with Crippen LogP contribution in [-0.4, -0.2) is 29.2 Å². The van der Waals surface area contributed by atoms with Gasteiger partial charge in [0.2, 0.25) is 0 Å². The fraction of sp³-hybridized carbons (Fsp3) is 0.562. The first-order chi connectivity index (χ1) is 10.4. The van der Waals surface area contributed by atoms with Crippen molar-refractivity contribution in [2.45, 2.75) is 52.5 Å². The van der Waals surface area contributed by atoms with Crippen molar-refractivity contribution in [2.75, 3.05) is 6.61 Å². The predicted molar refractivity (Wildman–Crippen MR) is 81.2 cm³/mol. The molecule has 1 amide bonds. The Bertz CT molecular complexity index is 579. The Kier molecular flexibility index (Phi) is 6.17. The van der Waals surface area contributed by atoms with Gasteiger partial charge in [0.25, 0.3) is 5.91 Å². The van der Waals surface area contributed by atoms with Gasteiger partial charge in [-0.25, -0.2) is 4.79 Å². The van der Waals surface area contributed by atoms with Crippen LogP contribution in [0.4, 0.5) is 0 Å². The maximum absolute atomic E-state index is 12.0. The van der Waals surface area contributed by atoms with E-state index >= 15 is 0 Å². The molecule has 1 aromatic rings. The molecule has 6 heteroatoms. The van der Waals surface area contributed by atoms with Gasteiger partial charge in [-0.1, -0.05) is 31.8 Å². The van der Waals surface area contributed by atoms with Gasteiger partial charge in [-0.2, -0.15) is 0 Å². The first kappa shape index (κ1) is 17.8. The second kappa shape index (κ2) is 7.64. The van der Waals surface area contributed by atoms with E-state index in [4.69, 9.17) is 15.7 Å². The van der Waals surface area contributed by atoms with E-state index in [2.05, 4.69) is 16.4 Å². The monoisotopic (exact) mass is 306 g/mol. The van der Waals surface area contributed by atoms with E-state index in [-0.39, 0.29) is 5.56 Å². The topological polar surface area (TPSA) is 81.4 Å². The molecule has 22 heavy (non-hydrogen) atoms. The zero-order chi connectivity index (χ0) is 16.8. The Morgan fingerprint density at radius 1 is 1.36 bits per heavy atom. The Morgan fingerprint density at radius 2 is 2.00 bits per heavy atom. The van der Waals surface area contributed by atoms with E-state index in [1.807, 2.05) is 20.8 Å². The molecule has 0 aliphatic rings. The van der Waals surface area contributed by atoms with Gasteiger partial charge in [-0.3, -0.25) is 4.79 Å². The van der Waals surface area contributed by atoms with Gasteiger partial charge < -0.3 is 14.6 Å². The molecule has 0 aliphatic carbocycles. The SMILES string of the molecule is C#CC(CC)(CC)NC(=O)COC(=O)c1c(CC)noc1C. The number of carbonyl (C=O) groups is 2. The molecule has 0 aromatic carbocycles. The van der Waals surface area contributed by atoms with Gasteiger partial charge in [0, 0.05) is 0 Å². The highest BCUT2D eigenvalue weighted by atomic mass is 16.5. The number of esters is 1. The van der Waals surface area contributed by atoms with Gasteiger partial charge in [-0.15, -0.1) is 6.42 Å². The summed E-state index contributed by atoms with van der Waals surface area (Å²) in [5.74, 6) is 1.92. The Balaban J connectivity index is 2.66. The smallest absolute Gasteiger partial charge is 0.344 e. The van der Waals surface area contributed by atoms with E-state index in [0.717, 1.165) is 0 Å². The quantitative estimate of drug-likeness (QED) is 0.615. The second-order valence-corrected chi connectivity index (χ2v) is 4.97. The van der Waals surface area contributed by atoms with Gasteiger partial charge in [0.1, 0.15) is 16.9 Å². The highest BCUT2D eigenvalue weighted by molar-refractivity contribution is 5.93. The first-order valence-corrected chi connectivity index (χ1v) is 7.34. The molecule has 0 bridgehead atoms. The zero-order valence-electron chi connectivity index (χ0n) is 13.5. The zero-order valence-corrected chi connectivity index (χ0v) is 13.5. The maximum Gasteiger partial charge on any atom is 0.344 e. The molecule has 0 saturated carbocycles. The molecule has 0 aliphatic heterocycles. The third-order valence-corrected chi connectivity index (χ3v) is 3.67. The molecule has 0 atom stereocenters. The number of terminal acetylenes is 1. The Morgan fingerprint density at radius 3 is 2.50 bits per heavy atom. The summed E-state index contributed by atoms with van der Waals surface area (Å²) in [7, 11) is 0. The van der Waals surface area contributed by atoms with Crippen LogP contribution in [0.25, 0.3) is 0 Å². The molecule has 1 N–H and O–H groups in total. The third-order valence-electron chi connectivity index (χ3n) is 3.67. The summed E-state index contributed by atoms with van der Waals surface area (Å²) in [6, 6.07) is 0. The highest BCUT2D eigenvalue weighted by Crippen LogP contribution is 2.16. The van der Waals surface area contributed by atoms with Crippen LogP contribution in [0.15, 0.2) is 4.52 Å². The summed E-state index contributed by atoms with van der Waals surface area (Å²) in [4.78, 5) is 24.0. The van der Waals surface area contributed by atoms with Crippen LogP contribution in [-0.2, 0) is 16.0 Å². The first-order valence-electron chi connectivity index (χ1n) is 7.34. The number of amides is 1. The number of nitrogens with zero attached hydrogens (tertiary/aromatic N) is 1. The van der Waals surface area contributed by atoms with Crippen molar-refractivity contribution in [1.82, 2.24) is 10.5 Å². The second-order valence-electron chi connectivity index (χ2n) is 4.97. The summed E-state index contributed by atoms with van der Waals surface area (Å²) in [5.41, 5.74) is 0.0954. The molecule has 0 saturated heterocycles. The number of aryl methyl sites for hydroxylation is 2. The van der Waals surface area contributed by atoms with Crippen molar-refractivity contribution in [1.29, 1.82) is 0 Å². The van der Waals surface area contributed by atoms with Crippen molar-refractivity contribution in [3.05, 3.63) is 17.0 Å². The molecule has 6 nitrogen and oxygen atoms in total. The predicted octanol–water partition coefficient (Wildman–Crippen LogP) is 2.01. The number of hydrogen-bond acceptors (Lipinski definition) is 5. The minimum Gasteiger partial charge on any atom is -0.452 e. The lowest BCUT2D eigenvalue weighted by Crippen LogP contribution is -2.48. The maximum atomic E-state index is 12.0. The van der Waals surface area contributed by atoms with Crippen LogP contribution >= 0.6 is 0 Å². The summed E-state index contributed by atoms with van der Waals surface area (Å²) < 4.78 is 10.0. The number of rotatable bonds is 7. The largest absolute Gasteiger partial charge is 0.452 e. The van der Waals surface area contributed by atoms with E-state index in [1.54, 1.807) is 6.92 Å². The summed E-state index contributed by atoms with van der Waals surface area (Å²) in [6.07, 6.45) is 7.22. The Labute approximate surface area is 130 Å². The number of carbonyl (C=O) groups excluding carboxylic acids is 2. The van der Waals surface area contributed by atoms with Crippen LogP contribution in [0.2, 0.25) is 0 Å². The minimum absolute atomic E-state index is 0.282. The Hall–Kier alpha value is -2.29. The van der Waals surface area contributed by atoms with Crippen molar-refractivity contribution in [2.24, 2.45) is 0 Å². The van der Waals surface area contributed by atoms with E-state index in [1.165, 1.54) is 0 Å². The van der Waals surface area contributed by atoms with Crippen molar-refractivity contribution >= 4 is 11.9 Å². The van der Waals surface area contributed by atoms with E-state index in [9.17, 15) is 9.59 Å². The van der Waals surface area contributed by atoms with Crippen molar-refractivity contribution in [3.8, 4) is 12.3 Å². The molecule has 1 heterocycles. The van der Waals surface area contributed by atoms with Gasteiger partial charge in [-0.05, 0) is 26.2 Å². The van der Waals surface area contributed by atoms with E-state index in [0.29, 0.717) is 30.7 Å². The summed E-state index contributed by atoms with van der Waals surface area (Å²) in [5, 5.41) is 6.51. The normalized spacial score (nSPS) is 10.9. The molecular formula is C16H22N2O4. The molecule has 0 unspecified atom stereocenters. The van der Waals surface area contributed by atoms with Crippen LogP contribution < -0.4 is 5.32 Å². The van der Waals surface area contributed by atoms with Crippen molar-refractivity contribution < 1.29 is 18.8 Å². The average molecular weight is 306 g/mol. The fourth-order valence-electron chi connectivity index (χ4n) is 2.09. The standard InChI is InChI=1S/C16H22N2O4/c1-6-12-14(11(5)22-18-12)15(20)21-10-13(19)17-16(7-2,8-3)9-4/h2H,6,8-10H2,1,3-5H3,(H,17,19).